The van der Waals surface area contributed by atoms with Crippen LogP contribution in [0.4, 0.5) is 0 Å². The van der Waals surface area contributed by atoms with Crippen LogP contribution in [-0.4, -0.2) is 86.5 Å². The fraction of sp³-hybridized carbons (Fsp3) is 1.00. The quantitative estimate of drug-likeness (QED) is 0.141. The van der Waals surface area contributed by atoms with Crippen LogP contribution in [0.3, 0.4) is 0 Å². The summed E-state index contributed by atoms with van der Waals surface area (Å²) in [6.07, 6.45) is 0. The molecule has 0 aromatic heterocycles. The maximum atomic E-state index is 5.81. The Balaban J connectivity index is 5.49. The summed E-state index contributed by atoms with van der Waals surface area (Å²) in [4.78, 5) is 0. The summed E-state index contributed by atoms with van der Waals surface area (Å²) in [5.41, 5.74) is 0. The summed E-state index contributed by atoms with van der Waals surface area (Å²) in [6.45, 7) is 10.5. The van der Waals surface area contributed by atoms with E-state index in [9.17, 15) is 0 Å². The van der Waals surface area contributed by atoms with Crippen molar-refractivity contribution in [2.45, 2.75) is 34.6 Å². The zero-order chi connectivity index (χ0) is 19.6. The molecular weight excluding hydrogens is 462 g/mol. The molecule has 0 atom stereocenters. The predicted molar refractivity (Wildman–Crippen MR) is 93.6 cm³/mol. The molecule has 0 radical (unpaired) electrons. The topological polar surface area (TPSA) is 92.3 Å². The third-order valence-corrected chi connectivity index (χ3v) is 10.3. The van der Waals surface area contributed by atoms with Gasteiger partial charge in [-0.3, -0.25) is 0 Å². The van der Waals surface area contributed by atoms with Crippen LogP contribution in [-0.2, 0) is 38.8 Å². The van der Waals surface area contributed by atoms with Gasteiger partial charge in [-0.25, -0.2) is 0 Å². The van der Waals surface area contributed by atoms with Crippen molar-refractivity contribution in [1.29, 1.82) is 0 Å². The Bertz CT molecular complexity index is 245. The first-order valence-electron chi connectivity index (χ1n) is 8.78. The second-order valence-electron chi connectivity index (χ2n) is 4.44. The Morgan fingerprint density at radius 3 is 0.731 bits per heavy atom. The first-order chi connectivity index (χ1) is 12.6. The summed E-state index contributed by atoms with van der Waals surface area (Å²) >= 11 is -5.64. The minimum absolute atomic E-state index is 0.158. The third kappa shape index (κ3) is 10.7. The van der Waals surface area contributed by atoms with E-state index >= 15 is 0 Å². The predicted octanol–water partition coefficient (Wildman–Crippen LogP) is 1.93. The maximum absolute atomic E-state index is 5.81. The molecule has 0 saturated carbocycles. The van der Waals surface area contributed by atoms with Crippen molar-refractivity contribution < 1.29 is 38.8 Å². The SMILES string of the molecule is CCOC[O][Sb]([O]COCC)([O]COCC)([O]COCC)[O]COCC. The molecule has 0 saturated heterocycles. The molecule has 11 heteroatoms. The summed E-state index contributed by atoms with van der Waals surface area (Å²) in [5, 5.41) is 0. The molecule has 0 fully saturated rings. The van der Waals surface area contributed by atoms with Gasteiger partial charge < -0.3 is 0 Å². The van der Waals surface area contributed by atoms with Gasteiger partial charge in [0.05, 0.1) is 0 Å². The van der Waals surface area contributed by atoms with Gasteiger partial charge in [0.1, 0.15) is 0 Å². The Morgan fingerprint density at radius 1 is 0.385 bits per heavy atom. The van der Waals surface area contributed by atoms with E-state index in [-0.39, 0.29) is 34.0 Å². The van der Waals surface area contributed by atoms with Gasteiger partial charge in [-0.2, -0.15) is 0 Å². The fourth-order valence-electron chi connectivity index (χ4n) is 1.41. The minimum atomic E-state index is -5.64. The molecular formula is C15H35O10Sb. The van der Waals surface area contributed by atoms with Gasteiger partial charge >= 0.3 is 160 Å². The van der Waals surface area contributed by atoms with Crippen LogP contribution in [0.15, 0.2) is 0 Å². The van der Waals surface area contributed by atoms with Gasteiger partial charge in [-0.1, -0.05) is 0 Å². The van der Waals surface area contributed by atoms with Gasteiger partial charge in [0.2, 0.25) is 0 Å². The first-order valence-corrected chi connectivity index (χ1v) is 14.0. The van der Waals surface area contributed by atoms with Crippen LogP contribution in [0.1, 0.15) is 34.6 Å². The standard InChI is InChI=1S/5C3H7O2.Sb/c5*1-2-5-3-4;/h5*2-3H2,1H3;/q5*-1;+5. The summed E-state index contributed by atoms with van der Waals surface area (Å²) in [5.74, 6) is 0. The average molecular weight is 497 g/mol. The Hall–Kier alpha value is 0.418. The van der Waals surface area contributed by atoms with Gasteiger partial charge in [0.25, 0.3) is 0 Å². The van der Waals surface area contributed by atoms with E-state index in [1.165, 1.54) is 0 Å². The zero-order valence-corrected chi connectivity index (χ0v) is 19.2. The molecule has 0 aromatic carbocycles. The Kier molecular flexibility index (Phi) is 16.6. The fourth-order valence-corrected chi connectivity index (χ4v) is 7.05. The number of rotatable bonds is 20. The van der Waals surface area contributed by atoms with Crippen molar-refractivity contribution in [3.8, 4) is 0 Å². The molecule has 0 spiro atoms. The van der Waals surface area contributed by atoms with Crippen LogP contribution in [0.5, 0.6) is 0 Å². The number of ether oxygens (including phenoxy) is 5. The van der Waals surface area contributed by atoms with Crippen LogP contribution in [0.2, 0.25) is 0 Å². The molecule has 0 bridgehead atoms. The molecule has 0 aromatic rings. The van der Waals surface area contributed by atoms with Gasteiger partial charge in [0.15, 0.2) is 0 Å². The van der Waals surface area contributed by atoms with E-state index in [2.05, 4.69) is 0 Å². The van der Waals surface area contributed by atoms with Crippen molar-refractivity contribution in [1.82, 2.24) is 0 Å². The first kappa shape index (κ1) is 26.4. The zero-order valence-electron chi connectivity index (χ0n) is 16.6. The molecule has 26 heavy (non-hydrogen) atoms. The average Bonchev–Trinajstić information content (AvgIpc) is 2.63. The van der Waals surface area contributed by atoms with E-state index in [4.69, 9.17) is 38.8 Å². The molecule has 0 unspecified atom stereocenters. The molecule has 160 valence electrons. The van der Waals surface area contributed by atoms with E-state index in [1.807, 2.05) is 34.6 Å². The van der Waals surface area contributed by atoms with Crippen LogP contribution >= 0.6 is 0 Å². The summed E-state index contributed by atoms with van der Waals surface area (Å²) in [7, 11) is 0. The molecule has 0 amide bonds. The molecule has 0 rings (SSSR count). The van der Waals surface area contributed by atoms with Crippen molar-refractivity contribution in [2.75, 3.05) is 67.0 Å². The second-order valence-corrected chi connectivity index (χ2v) is 12.4. The van der Waals surface area contributed by atoms with E-state index in [0.717, 1.165) is 0 Å². The normalized spacial score (nSPS) is 13.7. The van der Waals surface area contributed by atoms with Crippen molar-refractivity contribution >= 4 is 19.5 Å². The Labute approximate surface area is 160 Å². The molecule has 0 heterocycles. The van der Waals surface area contributed by atoms with Gasteiger partial charge in [-0.05, 0) is 0 Å². The molecule has 0 aliphatic heterocycles. The van der Waals surface area contributed by atoms with Crippen molar-refractivity contribution in [2.24, 2.45) is 0 Å². The monoisotopic (exact) mass is 496 g/mol. The van der Waals surface area contributed by atoms with Gasteiger partial charge in [0, 0.05) is 0 Å². The van der Waals surface area contributed by atoms with Gasteiger partial charge in [-0.15, -0.1) is 0 Å². The van der Waals surface area contributed by atoms with Crippen LogP contribution < -0.4 is 0 Å². The van der Waals surface area contributed by atoms with Crippen LogP contribution in [0, 0.1) is 0 Å². The molecule has 10 nitrogen and oxygen atoms in total. The molecule has 0 aliphatic carbocycles. The third-order valence-electron chi connectivity index (χ3n) is 2.75. The summed E-state index contributed by atoms with van der Waals surface area (Å²) < 4.78 is 55.5. The summed E-state index contributed by atoms with van der Waals surface area (Å²) in [6, 6.07) is 0. The number of hydrogen-bond donors (Lipinski definition) is 0. The van der Waals surface area contributed by atoms with Crippen LogP contribution in [0.25, 0.3) is 0 Å². The van der Waals surface area contributed by atoms with Crippen molar-refractivity contribution in [3.63, 3.8) is 0 Å². The van der Waals surface area contributed by atoms with E-state index in [0.29, 0.717) is 33.0 Å². The van der Waals surface area contributed by atoms with E-state index < -0.39 is 19.5 Å². The second kappa shape index (κ2) is 16.4. The van der Waals surface area contributed by atoms with E-state index in [1.54, 1.807) is 0 Å². The Morgan fingerprint density at radius 2 is 0.577 bits per heavy atom. The van der Waals surface area contributed by atoms with Crippen molar-refractivity contribution in [3.05, 3.63) is 0 Å². The molecule has 0 N–H and O–H groups in total. The number of hydrogen-bond acceptors (Lipinski definition) is 10. The molecule has 0 aliphatic rings.